The van der Waals surface area contributed by atoms with Crippen molar-refractivity contribution in [3.63, 3.8) is 0 Å². The molecule has 0 spiro atoms. The number of ether oxygens (including phenoxy) is 4. The fourth-order valence-electron chi connectivity index (χ4n) is 14.1. The Kier molecular flexibility index (Phi) is 18.2. The minimum atomic E-state index is -1.62. The molecule has 8 rings (SSSR count). The van der Waals surface area contributed by atoms with E-state index >= 15 is 0 Å². The molecule has 416 valence electrons. The Morgan fingerprint density at radius 3 is 1.57 bits per heavy atom. The maximum atomic E-state index is 14.3. The van der Waals surface area contributed by atoms with Crippen molar-refractivity contribution in [2.24, 2.45) is 39.4 Å². The van der Waals surface area contributed by atoms with Crippen LogP contribution in [0.25, 0.3) is 24.3 Å². The van der Waals surface area contributed by atoms with Gasteiger partial charge in [-0.2, -0.15) is 0 Å². The molecule has 0 unspecified atom stereocenters. The lowest BCUT2D eigenvalue weighted by atomic mass is 9.36. The highest BCUT2D eigenvalue weighted by molar-refractivity contribution is 6.33. The normalized spacial score (nSPS) is 25.9. The Labute approximate surface area is 485 Å². The van der Waals surface area contributed by atoms with Crippen LogP contribution in [-0.4, -0.2) is 53.6 Å². The third-order valence-corrected chi connectivity index (χ3v) is 19.6. The van der Waals surface area contributed by atoms with Gasteiger partial charge in [-0.3, -0.25) is 4.79 Å². The molecule has 0 aromatic heterocycles. The molecule has 0 aliphatic heterocycles. The zero-order valence-corrected chi connectivity index (χ0v) is 49.2. The molecular weight excluding hydrogens is 1080 g/mol. The van der Waals surface area contributed by atoms with Gasteiger partial charge < -0.3 is 18.9 Å². The van der Waals surface area contributed by atoms with Crippen LogP contribution in [0.3, 0.4) is 0 Å². The first kappa shape index (κ1) is 59.4. The van der Waals surface area contributed by atoms with Crippen LogP contribution in [0, 0.1) is 39.4 Å². The van der Waals surface area contributed by atoms with Crippen molar-refractivity contribution in [3.05, 3.63) is 175 Å². The van der Waals surface area contributed by atoms with Gasteiger partial charge in [0, 0.05) is 68.6 Å². The van der Waals surface area contributed by atoms with Crippen molar-refractivity contribution in [3.8, 4) is 0 Å². The van der Waals surface area contributed by atoms with Gasteiger partial charge in [0.1, 0.15) is 23.6 Å². The Bertz CT molecular complexity index is 3150. The summed E-state index contributed by atoms with van der Waals surface area (Å²) in [6, 6.07) is 28.4. The predicted octanol–water partition coefficient (Wildman–Crippen LogP) is 16.5. The van der Waals surface area contributed by atoms with E-state index in [1.54, 1.807) is 105 Å². The monoisotopic (exact) mass is 1150 g/mol. The Morgan fingerprint density at radius 2 is 1.08 bits per heavy atom. The number of benzene rings is 4. The van der Waals surface area contributed by atoms with Crippen LogP contribution in [0.4, 0.5) is 0 Å². The van der Waals surface area contributed by atoms with Crippen LogP contribution in [0.15, 0.2) is 133 Å². The van der Waals surface area contributed by atoms with E-state index in [0.717, 1.165) is 24.8 Å². The van der Waals surface area contributed by atoms with E-state index in [-0.39, 0.29) is 46.2 Å². The van der Waals surface area contributed by atoms with Gasteiger partial charge in [-0.05, 0) is 151 Å². The zero-order valence-electron chi connectivity index (χ0n) is 46.2. The summed E-state index contributed by atoms with van der Waals surface area (Å²) in [6.07, 6.45) is 13.3. The third-order valence-electron chi connectivity index (χ3n) is 18.2. The average Bonchev–Trinajstić information content (AvgIpc) is 2.95. The maximum Gasteiger partial charge on any atom is 0.331 e. The summed E-state index contributed by atoms with van der Waals surface area (Å²) >= 11 is 25.9. The van der Waals surface area contributed by atoms with E-state index in [1.165, 1.54) is 42.0 Å². The van der Waals surface area contributed by atoms with E-state index in [2.05, 4.69) is 41.5 Å². The first-order valence-electron chi connectivity index (χ1n) is 27.2. The van der Waals surface area contributed by atoms with Crippen LogP contribution in [-0.2, 0) is 42.9 Å². The molecule has 9 atom stereocenters. The molecule has 4 aromatic rings. The van der Waals surface area contributed by atoms with Crippen LogP contribution in [0.2, 0.25) is 20.1 Å². The van der Waals surface area contributed by atoms with Gasteiger partial charge in [0.2, 0.25) is 0 Å². The Balaban J connectivity index is 1.19. The van der Waals surface area contributed by atoms with Gasteiger partial charge in [0.25, 0.3) is 0 Å². The highest BCUT2D eigenvalue weighted by atomic mass is 35.5. The van der Waals surface area contributed by atoms with Crippen LogP contribution in [0.5, 0.6) is 0 Å². The smallest absolute Gasteiger partial charge is 0.331 e. The summed E-state index contributed by atoms with van der Waals surface area (Å²) in [5.74, 6) is -2.83. The van der Waals surface area contributed by atoms with Crippen molar-refractivity contribution in [2.45, 2.75) is 131 Å². The number of hydrogen-bond acceptors (Lipinski definition) is 9. The number of ketones is 1. The zero-order chi connectivity index (χ0) is 57.1. The lowest BCUT2D eigenvalue weighted by Crippen LogP contribution is -2.66. The minimum Gasteiger partial charge on any atom is -0.459 e. The summed E-state index contributed by atoms with van der Waals surface area (Å²) in [7, 11) is 0. The van der Waals surface area contributed by atoms with E-state index < -0.39 is 53.2 Å². The molecular formula is C66H70Cl4O9. The molecule has 3 saturated carbocycles. The van der Waals surface area contributed by atoms with Gasteiger partial charge in [-0.25, -0.2) is 19.2 Å². The number of carbonyl (C=O) groups excluding carboxylic acids is 5. The molecule has 13 heteroatoms. The van der Waals surface area contributed by atoms with Gasteiger partial charge in [-0.1, -0.05) is 172 Å². The SMILES string of the molecule is C[C@H](C[C@H](OC(=O)/C=C/c1ccccc1Cl)[C@@H](OC(=O)/C=C/c1ccccc1Cl)C(C)(C)OC(=O)/C=C/c1ccccc1Cl)C1=C2C[C@H](OC(=O)/C=C/c3ccccc3Cl)[C@H]3[C@@]4(C)CCC(=O)C(C)(C)[C@@H]4CC[C@]3(C)[C@@]2(C)CC1. The summed E-state index contributed by atoms with van der Waals surface area (Å²) in [5, 5.41) is 1.79. The maximum absolute atomic E-state index is 14.3. The van der Waals surface area contributed by atoms with E-state index in [1.807, 2.05) is 18.2 Å². The number of carbonyl (C=O) groups is 5. The molecule has 0 amide bonds. The highest BCUT2D eigenvalue weighted by Crippen LogP contribution is 2.74. The molecule has 3 fully saturated rings. The second-order valence-corrected chi connectivity index (χ2v) is 25.2. The van der Waals surface area contributed by atoms with Gasteiger partial charge in [0.15, 0.2) is 6.10 Å². The predicted molar refractivity (Wildman–Crippen MR) is 315 cm³/mol. The lowest BCUT2D eigenvalue weighted by molar-refractivity contribution is -0.216. The van der Waals surface area contributed by atoms with Gasteiger partial charge >= 0.3 is 23.9 Å². The Morgan fingerprint density at radius 1 is 0.620 bits per heavy atom. The molecule has 0 heterocycles. The third kappa shape index (κ3) is 12.6. The molecule has 79 heavy (non-hydrogen) atoms. The summed E-state index contributed by atoms with van der Waals surface area (Å²) in [4.78, 5) is 70.2. The number of rotatable bonds is 17. The fourth-order valence-corrected chi connectivity index (χ4v) is 14.9. The molecule has 4 aromatic carbocycles. The van der Waals surface area contributed by atoms with Gasteiger partial charge in [-0.15, -0.1) is 0 Å². The van der Waals surface area contributed by atoms with Crippen molar-refractivity contribution >= 4 is 100 Å². The first-order valence-corrected chi connectivity index (χ1v) is 28.7. The van der Waals surface area contributed by atoms with Crippen molar-refractivity contribution in [1.82, 2.24) is 0 Å². The van der Waals surface area contributed by atoms with E-state index in [9.17, 15) is 24.0 Å². The second kappa shape index (κ2) is 24.2. The molecule has 0 radical (unpaired) electrons. The van der Waals surface area contributed by atoms with E-state index in [4.69, 9.17) is 65.4 Å². The van der Waals surface area contributed by atoms with Crippen molar-refractivity contribution in [1.29, 1.82) is 0 Å². The first-order chi connectivity index (χ1) is 37.4. The number of halogens is 4. The van der Waals surface area contributed by atoms with E-state index in [0.29, 0.717) is 68.0 Å². The number of allylic oxidation sites excluding steroid dienone is 1. The number of esters is 4. The van der Waals surface area contributed by atoms with Crippen LogP contribution in [0.1, 0.15) is 129 Å². The largest absolute Gasteiger partial charge is 0.459 e. The van der Waals surface area contributed by atoms with Crippen molar-refractivity contribution < 1.29 is 42.9 Å². The highest BCUT2D eigenvalue weighted by Gasteiger charge is 2.70. The molecule has 9 nitrogen and oxygen atoms in total. The Hall–Kier alpha value is -5.71. The molecule has 0 N–H and O–H groups in total. The topological polar surface area (TPSA) is 122 Å². The minimum absolute atomic E-state index is 0.0822. The fraction of sp³-hybridized carbons (Fsp3) is 0.409. The quantitative estimate of drug-likeness (QED) is 0.0440. The number of fused-ring (bicyclic) bond motifs is 5. The summed E-state index contributed by atoms with van der Waals surface area (Å²) < 4.78 is 25.8. The number of hydrogen-bond donors (Lipinski definition) is 0. The van der Waals surface area contributed by atoms with Crippen LogP contribution < -0.4 is 0 Å². The summed E-state index contributed by atoms with van der Waals surface area (Å²) in [5.41, 5.74) is 1.54. The molecule has 0 bridgehead atoms. The summed E-state index contributed by atoms with van der Waals surface area (Å²) in [6.45, 7) is 16.5. The van der Waals surface area contributed by atoms with Crippen LogP contribution >= 0.6 is 46.4 Å². The molecule has 4 aliphatic rings. The lowest BCUT2D eigenvalue weighted by Gasteiger charge is -2.69. The molecule has 0 saturated heterocycles. The van der Waals surface area contributed by atoms with Crippen molar-refractivity contribution in [2.75, 3.05) is 0 Å². The van der Waals surface area contributed by atoms with Gasteiger partial charge in [0.05, 0.1) is 0 Å². The number of Topliss-reactive ketones (excluding diaryl/α,β-unsaturated/α-hetero) is 1. The standard InChI is InChI=1S/C66H70Cl4O9/c1-41(46-33-37-65(7)47(46)40-52(76-56(72)29-25-42-17-9-13-21-48(42)67)60-64(6)36-35-55(71)62(2,3)54(64)34-38-66(60,65)8)39-53(77-57(73)30-26-43-18-10-14-22-49(43)68)61(78-58(74)31-27-44-19-11-15-23-50(44)69)63(4,5)79-59(75)32-28-45-20-12-16-24-51(45)70/h9-32,41,52-54,60-61H,33-40H2,1-8H3/b29-25+,30-26+,31-27+,32-28+/t41-,52+,53+,54+,60+,61-,64+,65+,66+/m1/s1. The average molecular weight is 1150 g/mol. The molecule has 4 aliphatic carbocycles. The second-order valence-electron chi connectivity index (χ2n) is 23.6.